The van der Waals surface area contributed by atoms with E-state index in [9.17, 15) is 14.4 Å². The standard InChI is InChI=1S/C21H29N3O3/c1-2-23(16-12-17-9-4-3-5-10-17)18(25)11-8-15-24-19(26)21(22-20(24)27)13-6-7-14-21/h3-5,9-10H,2,6-8,11-16H2,1H3,(H,22,27). The first-order valence-corrected chi connectivity index (χ1v) is 10.0. The lowest BCUT2D eigenvalue weighted by Gasteiger charge is -2.22. The van der Waals surface area contributed by atoms with E-state index in [2.05, 4.69) is 17.4 Å². The van der Waals surface area contributed by atoms with Crippen molar-refractivity contribution in [2.75, 3.05) is 19.6 Å². The summed E-state index contributed by atoms with van der Waals surface area (Å²) in [6.45, 7) is 3.64. The molecule has 1 aliphatic carbocycles. The molecule has 1 spiro atoms. The molecular weight excluding hydrogens is 342 g/mol. The van der Waals surface area contributed by atoms with Gasteiger partial charge in [-0.05, 0) is 38.2 Å². The number of carbonyl (C=O) groups is 3. The zero-order valence-corrected chi connectivity index (χ0v) is 16.1. The molecule has 4 amide bonds. The lowest BCUT2D eigenvalue weighted by Crippen LogP contribution is -2.44. The average Bonchev–Trinajstić information content (AvgIpc) is 3.23. The van der Waals surface area contributed by atoms with Crippen molar-refractivity contribution in [3.63, 3.8) is 0 Å². The number of amides is 4. The van der Waals surface area contributed by atoms with Gasteiger partial charge in [-0.15, -0.1) is 0 Å². The van der Waals surface area contributed by atoms with Crippen LogP contribution in [0.3, 0.4) is 0 Å². The van der Waals surface area contributed by atoms with Crippen LogP contribution in [-0.2, 0) is 16.0 Å². The maximum absolute atomic E-state index is 12.6. The topological polar surface area (TPSA) is 69.7 Å². The van der Waals surface area contributed by atoms with Crippen molar-refractivity contribution >= 4 is 17.8 Å². The van der Waals surface area contributed by atoms with Gasteiger partial charge in [0.2, 0.25) is 5.91 Å². The Morgan fingerprint density at radius 3 is 2.56 bits per heavy atom. The quantitative estimate of drug-likeness (QED) is 0.715. The molecule has 6 nitrogen and oxygen atoms in total. The number of nitrogens with one attached hydrogen (secondary N) is 1. The van der Waals surface area contributed by atoms with E-state index >= 15 is 0 Å². The highest BCUT2D eigenvalue weighted by molar-refractivity contribution is 6.07. The first-order valence-electron chi connectivity index (χ1n) is 10.0. The molecule has 1 aliphatic heterocycles. The van der Waals surface area contributed by atoms with Gasteiger partial charge in [0.25, 0.3) is 5.91 Å². The molecule has 0 atom stereocenters. The van der Waals surface area contributed by atoms with Crippen molar-refractivity contribution in [3.05, 3.63) is 35.9 Å². The Bertz CT molecular complexity index is 683. The first-order chi connectivity index (χ1) is 13.1. The van der Waals surface area contributed by atoms with E-state index < -0.39 is 5.54 Å². The van der Waals surface area contributed by atoms with Gasteiger partial charge in [0.1, 0.15) is 5.54 Å². The van der Waals surface area contributed by atoms with Gasteiger partial charge in [-0.25, -0.2) is 4.79 Å². The summed E-state index contributed by atoms with van der Waals surface area (Å²) >= 11 is 0. The van der Waals surface area contributed by atoms with Crippen LogP contribution in [0.2, 0.25) is 0 Å². The molecule has 1 aromatic carbocycles. The smallest absolute Gasteiger partial charge is 0.325 e. The summed E-state index contributed by atoms with van der Waals surface area (Å²) in [5.41, 5.74) is 0.552. The summed E-state index contributed by atoms with van der Waals surface area (Å²) in [6, 6.07) is 9.82. The van der Waals surface area contributed by atoms with Gasteiger partial charge in [-0.2, -0.15) is 0 Å². The van der Waals surface area contributed by atoms with Crippen LogP contribution in [0, 0.1) is 0 Å². The summed E-state index contributed by atoms with van der Waals surface area (Å²) in [6.07, 6.45) is 5.11. The van der Waals surface area contributed by atoms with Crippen molar-refractivity contribution in [3.8, 4) is 0 Å². The molecule has 1 saturated heterocycles. The van der Waals surface area contributed by atoms with Crippen molar-refractivity contribution < 1.29 is 14.4 Å². The van der Waals surface area contributed by atoms with E-state index in [1.807, 2.05) is 30.0 Å². The molecule has 146 valence electrons. The number of carbonyl (C=O) groups excluding carboxylic acids is 3. The minimum Gasteiger partial charge on any atom is -0.343 e. The number of imide groups is 1. The van der Waals surface area contributed by atoms with Crippen LogP contribution in [0.5, 0.6) is 0 Å². The van der Waals surface area contributed by atoms with Crippen LogP contribution in [0.1, 0.15) is 51.0 Å². The molecule has 0 radical (unpaired) electrons. The minimum atomic E-state index is -0.660. The van der Waals surface area contributed by atoms with E-state index in [4.69, 9.17) is 0 Å². The molecule has 6 heteroatoms. The van der Waals surface area contributed by atoms with Gasteiger partial charge >= 0.3 is 6.03 Å². The van der Waals surface area contributed by atoms with Crippen molar-refractivity contribution in [2.45, 2.75) is 57.4 Å². The van der Waals surface area contributed by atoms with Crippen LogP contribution in [0.15, 0.2) is 30.3 Å². The highest BCUT2D eigenvalue weighted by Gasteiger charge is 2.52. The first kappa shape index (κ1) is 19.4. The molecule has 27 heavy (non-hydrogen) atoms. The van der Waals surface area contributed by atoms with Crippen molar-refractivity contribution in [2.24, 2.45) is 0 Å². The van der Waals surface area contributed by atoms with Crippen LogP contribution in [0.25, 0.3) is 0 Å². The van der Waals surface area contributed by atoms with Gasteiger partial charge in [0, 0.05) is 26.1 Å². The van der Waals surface area contributed by atoms with Gasteiger partial charge in [-0.1, -0.05) is 43.2 Å². The van der Waals surface area contributed by atoms with Crippen molar-refractivity contribution in [1.29, 1.82) is 0 Å². The van der Waals surface area contributed by atoms with Gasteiger partial charge in [-0.3, -0.25) is 14.5 Å². The third kappa shape index (κ3) is 4.31. The molecule has 0 bridgehead atoms. The second-order valence-electron chi connectivity index (χ2n) is 7.49. The summed E-state index contributed by atoms with van der Waals surface area (Å²) in [5.74, 6) is -0.0232. The Kier molecular flexibility index (Phi) is 6.14. The number of nitrogens with zero attached hydrogens (tertiary/aromatic N) is 2. The van der Waals surface area contributed by atoms with E-state index in [-0.39, 0.29) is 17.8 Å². The fourth-order valence-corrected chi connectivity index (χ4v) is 4.11. The lowest BCUT2D eigenvalue weighted by molar-refractivity contribution is -0.133. The van der Waals surface area contributed by atoms with E-state index in [1.165, 1.54) is 10.5 Å². The molecule has 1 saturated carbocycles. The molecule has 3 rings (SSSR count). The Balaban J connectivity index is 1.45. The van der Waals surface area contributed by atoms with Gasteiger partial charge < -0.3 is 10.2 Å². The maximum atomic E-state index is 12.6. The predicted octanol–water partition coefficient (Wildman–Crippen LogP) is 2.72. The third-order valence-corrected chi connectivity index (χ3v) is 5.72. The number of benzene rings is 1. The summed E-state index contributed by atoms with van der Waals surface area (Å²) in [4.78, 5) is 40.4. The zero-order valence-electron chi connectivity index (χ0n) is 16.1. The normalized spacial score (nSPS) is 18.2. The van der Waals surface area contributed by atoms with Gasteiger partial charge in [0.15, 0.2) is 0 Å². The molecule has 0 aromatic heterocycles. The predicted molar refractivity (Wildman–Crippen MR) is 103 cm³/mol. The van der Waals surface area contributed by atoms with E-state index in [0.717, 1.165) is 32.1 Å². The second kappa shape index (κ2) is 8.55. The van der Waals surface area contributed by atoms with E-state index in [0.29, 0.717) is 32.5 Å². The monoisotopic (exact) mass is 371 g/mol. The Morgan fingerprint density at radius 2 is 1.89 bits per heavy atom. The summed E-state index contributed by atoms with van der Waals surface area (Å²) < 4.78 is 0. The molecule has 1 N–H and O–H groups in total. The number of hydrogen-bond acceptors (Lipinski definition) is 3. The second-order valence-corrected chi connectivity index (χ2v) is 7.49. The third-order valence-electron chi connectivity index (χ3n) is 5.72. The SMILES string of the molecule is CCN(CCc1ccccc1)C(=O)CCCN1C(=O)NC2(CCCC2)C1=O. The molecule has 2 aliphatic rings. The highest BCUT2D eigenvalue weighted by atomic mass is 16.2. The maximum Gasteiger partial charge on any atom is 0.325 e. The van der Waals surface area contributed by atoms with Crippen LogP contribution in [0.4, 0.5) is 4.79 Å². The Labute approximate surface area is 160 Å². The summed E-state index contributed by atoms with van der Waals surface area (Å²) in [5, 5.41) is 2.88. The zero-order chi connectivity index (χ0) is 19.3. The van der Waals surface area contributed by atoms with Crippen molar-refractivity contribution in [1.82, 2.24) is 15.1 Å². The molecule has 2 fully saturated rings. The number of likely N-dealkylation sites (N-methyl/N-ethyl adjacent to an activating group) is 1. The number of rotatable bonds is 8. The molecular formula is C21H29N3O3. The number of hydrogen-bond donors (Lipinski definition) is 1. The minimum absolute atomic E-state index is 0.0797. The fraction of sp³-hybridized carbons (Fsp3) is 0.571. The van der Waals surface area contributed by atoms with E-state index in [1.54, 1.807) is 0 Å². The highest BCUT2D eigenvalue weighted by Crippen LogP contribution is 2.35. The van der Waals surface area contributed by atoms with Crippen LogP contribution >= 0.6 is 0 Å². The Hall–Kier alpha value is -2.37. The fourth-order valence-electron chi connectivity index (χ4n) is 4.11. The van der Waals surface area contributed by atoms with Crippen LogP contribution < -0.4 is 5.32 Å². The average molecular weight is 371 g/mol. The molecule has 1 heterocycles. The number of urea groups is 1. The summed E-state index contributed by atoms with van der Waals surface area (Å²) in [7, 11) is 0. The lowest BCUT2D eigenvalue weighted by atomic mass is 9.98. The largest absolute Gasteiger partial charge is 0.343 e. The Morgan fingerprint density at radius 1 is 1.19 bits per heavy atom. The molecule has 1 aromatic rings. The van der Waals surface area contributed by atoms with Gasteiger partial charge in [0.05, 0.1) is 0 Å². The molecule has 0 unspecified atom stereocenters. The van der Waals surface area contributed by atoms with Crippen LogP contribution in [-0.4, -0.2) is 52.8 Å².